The van der Waals surface area contributed by atoms with Crippen molar-refractivity contribution in [3.63, 3.8) is 0 Å². The Bertz CT molecular complexity index is 697. The smallest absolute Gasteiger partial charge is 0.321 e. The number of ether oxygens (including phenoxy) is 1. The lowest BCUT2D eigenvalue weighted by Gasteiger charge is -2.20. The van der Waals surface area contributed by atoms with E-state index in [0.29, 0.717) is 41.4 Å². The standard InChI is InChI=1S/C21H30F2NO2/c1-8-13(2)14(3)11-17(16(5)25)12-15(4)19-18(26-7)9-10-24(6)20(19)21(22)23/h11-13,21H,4,8-10H2,1-3,5-7H3/q+1/b14-11-,17-12+/t13-/m1/s1. The predicted octanol–water partition coefficient (Wildman–Crippen LogP) is 4.70. The molecule has 0 aromatic rings. The molecule has 1 aliphatic rings. The molecule has 1 rings (SSSR count). The van der Waals surface area contributed by atoms with E-state index in [-0.39, 0.29) is 11.5 Å². The highest BCUT2D eigenvalue weighted by atomic mass is 19.3. The topological polar surface area (TPSA) is 29.3 Å². The van der Waals surface area contributed by atoms with Gasteiger partial charge in [-0.2, -0.15) is 8.78 Å². The summed E-state index contributed by atoms with van der Waals surface area (Å²) in [5.41, 5.74) is 2.07. The molecule has 0 fully saturated rings. The fourth-order valence-corrected chi connectivity index (χ4v) is 2.89. The molecule has 0 aliphatic carbocycles. The molecule has 1 atom stereocenters. The molecule has 26 heavy (non-hydrogen) atoms. The number of nitrogens with zero attached hydrogens (tertiary/aromatic N) is 1. The van der Waals surface area contributed by atoms with Crippen molar-refractivity contribution >= 4 is 11.5 Å². The van der Waals surface area contributed by atoms with E-state index < -0.39 is 6.43 Å². The van der Waals surface area contributed by atoms with Crippen LogP contribution in [0.4, 0.5) is 8.78 Å². The number of ketones is 1. The zero-order chi connectivity index (χ0) is 20.0. The number of carbonyl (C=O) groups is 1. The second-order valence-corrected chi connectivity index (χ2v) is 6.74. The van der Waals surface area contributed by atoms with Crippen LogP contribution in [0.3, 0.4) is 0 Å². The summed E-state index contributed by atoms with van der Waals surface area (Å²) in [6.45, 7) is 12.0. The molecule has 0 unspecified atom stereocenters. The summed E-state index contributed by atoms with van der Waals surface area (Å²) < 4.78 is 34.1. The molecule has 144 valence electrons. The molecule has 0 saturated heterocycles. The molecule has 3 nitrogen and oxygen atoms in total. The molecule has 0 N–H and O–H groups in total. The van der Waals surface area contributed by atoms with Crippen LogP contribution in [0.25, 0.3) is 0 Å². The number of hydrogen-bond donors (Lipinski definition) is 0. The molecule has 0 aromatic heterocycles. The lowest BCUT2D eigenvalue weighted by atomic mass is 9.92. The lowest BCUT2D eigenvalue weighted by Crippen LogP contribution is -2.32. The van der Waals surface area contributed by atoms with Gasteiger partial charge >= 0.3 is 6.43 Å². The molecule has 0 radical (unpaired) electrons. The summed E-state index contributed by atoms with van der Waals surface area (Å²) in [6.07, 6.45) is 2.24. The van der Waals surface area contributed by atoms with Crippen LogP contribution in [0.15, 0.2) is 46.8 Å². The van der Waals surface area contributed by atoms with E-state index in [1.807, 2.05) is 13.0 Å². The van der Waals surface area contributed by atoms with Crippen molar-refractivity contribution in [1.29, 1.82) is 0 Å². The molecule has 1 heterocycles. The largest absolute Gasteiger partial charge is 0.500 e. The van der Waals surface area contributed by atoms with E-state index in [4.69, 9.17) is 4.74 Å². The highest BCUT2D eigenvalue weighted by Gasteiger charge is 2.35. The minimum Gasteiger partial charge on any atom is -0.500 e. The molecular formula is C21H30F2NO2+. The number of carbonyl (C=O) groups excluding carboxylic acids is 1. The van der Waals surface area contributed by atoms with Gasteiger partial charge in [0.2, 0.25) is 0 Å². The van der Waals surface area contributed by atoms with Crippen molar-refractivity contribution < 1.29 is 22.9 Å². The number of methoxy groups -OCH3 is 1. The van der Waals surface area contributed by atoms with Gasteiger partial charge in [-0.15, -0.1) is 0 Å². The van der Waals surface area contributed by atoms with Gasteiger partial charge in [0, 0.05) is 5.57 Å². The number of alkyl halides is 2. The third-order valence-corrected chi connectivity index (χ3v) is 4.90. The molecule has 5 heteroatoms. The Labute approximate surface area is 155 Å². The number of halogens is 2. The van der Waals surface area contributed by atoms with Gasteiger partial charge in [-0.1, -0.05) is 32.1 Å². The Hall–Kier alpha value is -2.04. The Kier molecular flexibility index (Phi) is 8.12. The van der Waals surface area contributed by atoms with Crippen molar-refractivity contribution in [3.8, 4) is 0 Å². The average Bonchev–Trinajstić information content (AvgIpc) is 2.59. The van der Waals surface area contributed by atoms with Crippen LogP contribution < -0.4 is 0 Å². The van der Waals surface area contributed by atoms with Crippen LogP contribution >= 0.6 is 0 Å². The number of rotatable bonds is 8. The van der Waals surface area contributed by atoms with Crippen molar-refractivity contribution in [2.75, 3.05) is 20.7 Å². The van der Waals surface area contributed by atoms with Crippen molar-refractivity contribution in [1.82, 2.24) is 0 Å². The zero-order valence-corrected chi connectivity index (χ0v) is 16.7. The first-order valence-corrected chi connectivity index (χ1v) is 8.87. The maximum Gasteiger partial charge on any atom is 0.321 e. The summed E-state index contributed by atoms with van der Waals surface area (Å²) >= 11 is 0. The SMILES string of the molecule is C=C(/C=C(\C=C(\C)[C@H](C)CC)C(C)=O)C1=C(OC)CC[N+](C)=C1C(F)F. The normalized spacial score (nSPS) is 17.7. The van der Waals surface area contributed by atoms with Crippen LogP contribution in [-0.4, -0.2) is 43.2 Å². The fraction of sp³-hybridized carbons (Fsp3) is 0.524. The third-order valence-electron chi connectivity index (χ3n) is 4.90. The summed E-state index contributed by atoms with van der Waals surface area (Å²) in [6, 6.07) is 0. The highest BCUT2D eigenvalue weighted by Crippen LogP contribution is 2.27. The number of hydrogen-bond acceptors (Lipinski definition) is 2. The Morgan fingerprint density at radius 1 is 1.35 bits per heavy atom. The molecular weight excluding hydrogens is 336 g/mol. The first-order valence-electron chi connectivity index (χ1n) is 8.87. The van der Waals surface area contributed by atoms with E-state index in [0.717, 1.165) is 12.0 Å². The predicted molar refractivity (Wildman–Crippen MR) is 102 cm³/mol. The van der Waals surface area contributed by atoms with E-state index in [9.17, 15) is 13.6 Å². The van der Waals surface area contributed by atoms with E-state index in [2.05, 4.69) is 20.4 Å². The van der Waals surface area contributed by atoms with Gasteiger partial charge in [0.15, 0.2) is 5.78 Å². The molecule has 0 saturated carbocycles. The molecule has 0 amide bonds. The highest BCUT2D eigenvalue weighted by molar-refractivity contribution is 6.05. The average molecular weight is 366 g/mol. The molecule has 0 bridgehead atoms. The quantitative estimate of drug-likeness (QED) is 0.354. The fourth-order valence-electron chi connectivity index (χ4n) is 2.89. The van der Waals surface area contributed by atoms with Gasteiger partial charge in [0.25, 0.3) is 5.71 Å². The number of allylic oxidation sites excluding steroid dienone is 6. The van der Waals surface area contributed by atoms with Crippen LogP contribution in [0.1, 0.15) is 40.5 Å². The van der Waals surface area contributed by atoms with Crippen molar-refractivity contribution in [2.24, 2.45) is 5.92 Å². The van der Waals surface area contributed by atoms with Crippen LogP contribution in [0, 0.1) is 5.92 Å². The summed E-state index contributed by atoms with van der Waals surface area (Å²) in [4.78, 5) is 12.1. The third kappa shape index (κ3) is 5.23. The minimum absolute atomic E-state index is 0.111. The Morgan fingerprint density at radius 3 is 2.42 bits per heavy atom. The number of Topliss-reactive ketones (excluding diaryl/α,β-unsaturated/α-hetero) is 1. The van der Waals surface area contributed by atoms with Crippen LogP contribution in [0.2, 0.25) is 0 Å². The zero-order valence-electron chi connectivity index (χ0n) is 16.7. The first kappa shape index (κ1) is 22.0. The summed E-state index contributed by atoms with van der Waals surface area (Å²) in [7, 11) is 3.10. The van der Waals surface area contributed by atoms with Gasteiger partial charge in [0.1, 0.15) is 19.4 Å². The molecule has 0 spiro atoms. The second-order valence-electron chi connectivity index (χ2n) is 6.74. The monoisotopic (exact) mass is 366 g/mol. The Morgan fingerprint density at radius 2 is 1.96 bits per heavy atom. The first-order chi connectivity index (χ1) is 12.1. The maximum atomic E-state index is 13.6. The van der Waals surface area contributed by atoms with E-state index in [1.165, 1.54) is 18.6 Å². The minimum atomic E-state index is -2.65. The van der Waals surface area contributed by atoms with Gasteiger partial charge in [0.05, 0.1) is 19.1 Å². The van der Waals surface area contributed by atoms with Gasteiger partial charge in [-0.05, 0) is 37.8 Å². The van der Waals surface area contributed by atoms with Crippen LogP contribution in [0.5, 0.6) is 0 Å². The summed E-state index contributed by atoms with van der Waals surface area (Å²) in [5, 5.41) is 0. The second kappa shape index (κ2) is 9.60. The lowest BCUT2D eigenvalue weighted by molar-refractivity contribution is -0.501. The van der Waals surface area contributed by atoms with Crippen molar-refractivity contribution in [3.05, 3.63) is 46.8 Å². The van der Waals surface area contributed by atoms with Crippen molar-refractivity contribution in [2.45, 2.75) is 47.0 Å². The van der Waals surface area contributed by atoms with Gasteiger partial charge in [-0.3, -0.25) is 4.79 Å². The molecule has 1 aliphatic heterocycles. The van der Waals surface area contributed by atoms with Gasteiger partial charge < -0.3 is 4.74 Å². The molecule has 0 aromatic carbocycles. The van der Waals surface area contributed by atoms with Crippen LogP contribution in [-0.2, 0) is 9.53 Å². The van der Waals surface area contributed by atoms with Gasteiger partial charge in [-0.25, -0.2) is 4.58 Å². The van der Waals surface area contributed by atoms with E-state index >= 15 is 0 Å². The summed E-state index contributed by atoms with van der Waals surface area (Å²) in [5.74, 6) is 0.685. The Balaban J connectivity index is 3.43. The van der Waals surface area contributed by atoms with E-state index in [1.54, 1.807) is 13.1 Å². The maximum absolute atomic E-state index is 13.6.